The number of aryl methyl sites for hydroxylation is 1. The minimum Gasteiger partial charge on any atom is -0.330 e. The highest BCUT2D eigenvalue weighted by Crippen LogP contribution is 2.23. The van der Waals surface area contributed by atoms with Crippen LogP contribution in [-0.4, -0.2) is 12.5 Å². The minimum absolute atomic E-state index is 0.0189. The van der Waals surface area contributed by atoms with Crippen LogP contribution in [0.1, 0.15) is 18.9 Å². The van der Waals surface area contributed by atoms with E-state index >= 15 is 0 Å². The SMILES string of the molecule is CCC(CN)C(=O)Nc1ccc(C)cc1Br. The molecule has 0 aliphatic heterocycles. The molecule has 88 valence electrons. The van der Waals surface area contributed by atoms with Crippen LogP contribution in [-0.2, 0) is 4.79 Å². The first-order valence-electron chi connectivity index (χ1n) is 5.35. The molecule has 3 nitrogen and oxygen atoms in total. The molecule has 1 atom stereocenters. The number of nitrogens with two attached hydrogens (primary N) is 1. The molecule has 1 aromatic carbocycles. The highest BCUT2D eigenvalue weighted by molar-refractivity contribution is 9.10. The molecule has 0 aromatic heterocycles. The van der Waals surface area contributed by atoms with Gasteiger partial charge in [-0.05, 0) is 47.0 Å². The van der Waals surface area contributed by atoms with Gasteiger partial charge in [-0.3, -0.25) is 4.79 Å². The number of amides is 1. The van der Waals surface area contributed by atoms with Gasteiger partial charge < -0.3 is 11.1 Å². The van der Waals surface area contributed by atoms with E-state index in [1.807, 2.05) is 32.0 Å². The number of hydrogen-bond acceptors (Lipinski definition) is 2. The van der Waals surface area contributed by atoms with Crippen molar-refractivity contribution in [2.24, 2.45) is 11.7 Å². The summed E-state index contributed by atoms with van der Waals surface area (Å²) in [6, 6.07) is 5.82. The van der Waals surface area contributed by atoms with Gasteiger partial charge in [0, 0.05) is 11.0 Å². The Morgan fingerprint density at radius 1 is 1.56 bits per heavy atom. The summed E-state index contributed by atoms with van der Waals surface area (Å²) < 4.78 is 0.896. The van der Waals surface area contributed by atoms with Gasteiger partial charge in [0.25, 0.3) is 0 Å². The Morgan fingerprint density at radius 2 is 2.25 bits per heavy atom. The average Bonchev–Trinajstić information content (AvgIpc) is 2.24. The van der Waals surface area contributed by atoms with E-state index < -0.39 is 0 Å². The lowest BCUT2D eigenvalue weighted by atomic mass is 10.1. The van der Waals surface area contributed by atoms with E-state index in [9.17, 15) is 4.79 Å². The van der Waals surface area contributed by atoms with Crippen LogP contribution >= 0.6 is 15.9 Å². The molecular weight excluding hydrogens is 268 g/mol. The number of carbonyl (C=O) groups excluding carboxylic acids is 1. The predicted molar refractivity (Wildman–Crippen MR) is 70.3 cm³/mol. The summed E-state index contributed by atoms with van der Waals surface area (Å²) >= 11 is 3.42. The fourth-order valence-corrected chi connectivity index (χ4v) is 2.01. The highest BCUT2D eigenvalue weighted by Gasteiger charge is 2.15. The third kappa shape index (κ3) is 3.32. The van der Waals surface area contributed by atoms with Crippen LogP contribution in [0.15, 0.2) is 22.7 Å². The molecule has 0 spiro atoms. The largest absolute Gasteiger partial charge is 0.330 e. The number of nitrogens with one attached hydrogen (secondary N) is 1. The topological polar surface area (TPSA) is 55.1 Å². The smallest absolute Gasteiger partial charge is 0.228 e. The van der Waals surface area contributed by atoms with Crippen LogP contribution in [0.5, 0.6) is 0 Å². The van der Waals surface area contributed by atoms with Crippen molar-refractivity contribution in [3.8, 4) is 0 Å². The Bertz CT molecular complexity index is 375. The van der Waals surface area contributed by atoms with E-state index in [2.05, 4.69) is 21.2 Å². The lowest BCUT2D eigenvalue weighted by molar-refractivity contribution is -0.119. The lowest BCUT2D eigenvalue weighted by Crippen LogP contribution is -2.28. The zero-order valence-electron chi connectivity index (χ0n) is 9.59. The zero-order valence-corrected chi connectivity index (χ0v) is 11.2. The first-order chi connectivity index (χ1) is 7.58. The predicted octanol–water partition coefficient (Wildman–Crippen LogP) is 2.68. The molecule has 3 N–H and O–H groups in total. The van der Waals surface area contributed by atoms with Gasteiger partial charge in [-0.1, -0.05) is 13.0 Å². The highest BCUT2D eigenvalue weighted by atomic mass is 79.9. The molecule has 0 saturated carbocycles. The van der Waals surface area contributed by atoms with Gasteiger partial charge in [-0.25, -0.2) is 0 Å². The molecule has 0 bridgehead atoms. The first kappa shape index (κ1) is 13.2. The molecule has 0 radical (unpaired) electrons. The molecule has 0 aliphatic carbocycles. The van der Waals surface area contributed by atoms with Crippen molar-refractivity contribution >= 4 is 27.5 Å². The lowest BCUT2D eigenvalue weighted by Gasteiger charge is -2.13. The fraction of sp³-hybridized carbons (Fsp3) is 0.417. The Kier molecular flexibility index (Phi) is 4.96. The minimum atomic E-state index is -0.117. The maximum atomic E-state index is 11.8. The standard InChI is InChI=1S/C12H17BrN2O/c1-3-9(7-14)12(16)15-11-5-4-8(2)6-10(11)13/h4-6,9H,3,7,14H2,1-2H3,(H,15,16). The molecule has 1 aromatic rings. The third-order valence-electron chi connectivity index (χ3n) is 2.53. The van der Waals surface area contributed by atoms with Gasteiger partial charge in [0.1, 0.15) is 0 Å². The van der Waals surface area contributed by atoms with E-state index in [1.165, 1.54) is 0 Å². The number of halogens is 1. The zero-order chi connectivity index (χ0) is 12.1. The molecule has 0 saturated heterocycles. The Balaban J connectivity index is 2.76. The van der Waals surface area contributed by atoms with Crippen LogP contribution in [0.4, 0.5) is 5.69 Å². The van der Waals surface area contributed by atoms with Gasteiger partial charge in [-0.15, -0.1) is 0 Å². The van der Waals surface area contributed by atoms with Crippen LogP contribution in [0.25, 0.3) is 0 Å². The van der Waals surface area contributed by atoms with Crippen molar-refractivity contribution in [2.45, 2.75) is 20.3 Å². The van der Waals surface area contributed by atoms with Crippen molar-refractivity contribution < 1.29 is 4.79 Å². The van der Waals surface area contributed by atoms with E-state index in [0.717, 1.165) is 22.1 Å². The molecule has 4 heteroatoms. The molecule has 16 heavy (non-hydrogen) atoms. The van der Waals surface area contributed by atoms with Crippen molar-refractivity contribution in [2.75, 3.05) is 11.9 Å². The normalized spacial score (nSPS) is 12.2. The van der Waals surface area contributed by atoms with Gasteiger partial charge >= 0.3 is 0 Å². The summed E-state index contributed by atoms with van der Waals surface area (Å²) in [5.41, 5.74) is 7.47. The van der Waals surface area contributed by atoms with Gasteiger partial charge in [0.05, 0.1) is 11.6 Å². The Morgan fingerprint density at radius 3 is 2.75 bits per heavy atom. The van der Waals surface area contributed by atoms with Crippen molar-refractivity contribution in [1.29, 1.82) is 0 Å². The molecule has 1 rings (SSSR count). The summed E-state index contributed by atoms with van der Waals surface area (Å²) in [7, 11) is 0. The second kappa shape index (κ2) is 6.01. The van der Waals surface area contributed by atoms with Gasteiger partial charge in [-0.2, -0.15) is 0 Å². The molecule has 0 aliphatic rings. The maximum absolute atomic E-state index is 11.8. The quantitative estimate of drug-likeness (QED) is 0.893. The summed E-state index contributed by atoms with van der Waals surface area (Å²) in [6.07, 6.45) is 0.756. The summed E-state index contributed by atoms with van der Waals surface area (Å²) in [6.45, 7) is 4.35. The summed E-state index contributed by atoms with van der Waals surface area (Å²) in [5.74, 6) is -0.136. The van der Waals surface area contributed by atoms with Crippen molar-refractivity contribution in [1.82, 2.24) is 0 Å². The van der Waals surface area contributed by atoms with E-state index in [1.54, 1.807) is 0 Å². The van der Waals surface area contributed by atoms with Crippen LogP contribution in [0.2, 0.25) is 0 Å². The van der Waals surface area contributed by atoms with E-state index in [4.69, 9.17) is 5.73 Å². The number of hydrogen-bond donors (Lipinski definition) is 2. The van der Waals surface area contributed by atoms with Crippen LogP contribution in [0, 0.1) is 12.8 Å². The third-order valence-corrected chi connectivity index (χ3v) is 3.19. The fourth-order valence-electron chi connectivity index (χ4n) is 1.42. The van der Waals surface area contributed by atoms with Crippen molar-refractivity contribution in [3.63, 3.8) is 0 Å². The Hall–Kier alpha value is -0.870. The summed E-state index contributed by atoms with van der Waals surface area (Å²) in [4.78, 5) is 11.8. The van der Waals surface area contributed by atoms with Crippen LogP contribution in [0.3, 0.4) is 0 Å². The summed E-state index contributed by atoms with van der Waals surface area (Å²) in [5, 5.41) is 2.87. The second-order valence-corrected chi connectivity index (χ2v) is 4.67. The molecule has 1 amide bonds. The second-order valence-electron chi connectivity index (χ2n) is 3.81. The number of rotatable bonds is 4. The molecule has 1 unspecified atom stereocenters. The first-order valence-corrected chi connectivity index (χ1v) is 6.14. The number of benzene rings is 1. The van der Waals surface area contributed by atoms with Gasteiger partial charge in [0.2, 0.25) is 5.91 Å². The molecular formula is C12H17BrN2O. The van der Waals surface area contributed by atoms with Crippen LogP contribution < -0.4 is 11.1 Å². The number of anilines is 1. The molecule has 0 fully saturated rings. The number of carbonyl (C=O) groups is 1. The Labute approximate surface area is 105 Å². The van der Waals surface area contributed by atoms with E-state index in [0.29, 0.717) is 6.54 Å². The maximum Gasteiger partial charge on any atom is 0.228 e. The van der Waals surface area contributed by atoms with E-state index in [-0.39, 0.29) is 11.8 Å². The van der Waals surface area contributed by atoms with Gasteiger partial charge in [0.15, 0.2) is 0 Å². The average molecular weight is 285 g/mol. The monoisotopic (exact) mass is 284 g/mol. The molecule has 0 heterocycles. The van der Waals surface area contributed by atoms with Crippen molar-refractivity contribution in [3.05, 3.63) is 28.2 Å².